The Morgan fingerprint density at radius 2 is 1.81 bits per heavy atom. The number of hydrogen-bond donors (Lipinski definition) is 1. The minimum Gasteiger partial charge on any atom is -0.335 e. The lowest BCUT2D eigenvalue weighted by molar-refractivity contribution is 0.102. The van der Waals surface area contributed by atoms with Crippen LogP contribution in [-0.2, 0) is 6.54 Å². The summed E-state index contributed by atoms with van der Waals surface area (Å²) in [6.45, 7) is 4.70. The van der Waals surface area contributed by atoms with E-state index < -0.39 is 0 Å². The van der Waals surface area contributed by atoms with Gasteiger partial charge in [0.25, 0.3) is 11.6 Å². The van der Waals surface area contributed by atoms with Gasteiger partial charge in [-0.2, -0.15) is 5.10 Å². The molecule has 2 aromatic carbocycles. The van der Waals surface area contributed by atoms with Gasteiger partial charge in [-0.05, 0) is 37.6 Å². The number of benzene rings is 2. The molecule has 0 spiro atoms. The molecule has 0 aliphatic carbocycles. The molecule has 32 heavy (non-hydrogen) atoms. The molecule has 5 rings (SSSR count). The van der Waals surface area contributed by atoms with E-state index in [0.717, 1.165) is 23.4 Å². The zero-order valence-corrected chi connectivity index (χ0v) is 17.7. The number of anilines is 1. The average molecular weight is 423 g/mol. The predicted molar refractivity (Wildman–Crippen MR) is 123 cm³/mol. The molecule has 0 radical (unpaired) electrons. The van der Waals surface area contributed by atoms with Gasteiger partial charge in [-0.1, -0.05) is 53.7 Å². The van der Waals surface area contributed by atoms with Crippen LogP contribution >= 0.6 is 0 Å². The highest BCUT2D eigenvalue weighted by Gasteiger charge is 2.23. The second kappa shape index (κ2) is 8.11. The molecule has 0 bridgehead atoms. The average Bonchev–Trinajstić information content (AvgIpc) is 3.48. The number of fused-ring (bicyclic) bond motifs is 1. The van der Waals surface area contributed by atoms with E-state index in [1.165, 1.54) is 0 Å². The minimum atomic E-state index is -0.261. The van der Waals surface area contributed by atoms with Gasteiger partial charge < -0.3 is 9.84 Å². The van der Waals surface area contributed by atoms with Gasteiger partial charge in [0.05, 0.1) is 16.6 Å². The Labute approximate surface area is 184 Å². The minimum absolute atomic E-state index is 0.261. The van der Waals surface area contributed by atoms with E-state index in [-0.39, 0.29) is 5.91 Å². The number of pyridine rings is 1. The van der Waals surface area contributed by atoms with E-state index >= 15 is 0 Å². The summed E-state index contributed by atoms with van der Waals surface area (Å²) in [5, 5.41) is 12.4. The van der Waals surface area contributed by atoms with Crippen molar-refractivity contribution in [3.63, 3.8) is 0 Å². The van der Waals surface area contributed by atoms with E-state index in [9.17, 15) is 4.79 Å². The zero-order chi connectivity index (χ0) is 22.1. The molecule has 158 valence electrons. The highest BCUT2D eigenvalue weighted by molar-refractivity contribution is 6.15. The first-order chi connectivity index (χ1) is 15.6. The lowest BCUT2D eigenvalue weighted by Crippen LogP contribution is -2.14. The Kier molecular flexibility index (Phi) is 4.99. The molecular weight excluding hydrogens is 402 g/mol. The van der Waals surface area contributed by atoms with Crippen LogP contribution < -0.4 is 5.32 Å². The van der Waals surface area contributed by atoms with Gasteiger partial charge in [0.1, 0.15) is 11.4 Å². The van der Waals surface area contributed by atoms with Gasteiger partial charge >= 0.3 is 0 Å². The first-order valence-electron chi connectivity index (χ1n) is 10.4. The fraction of sp³-hybridized carbons (Fsp3) is 0.120. The third-order valence-electron chi connectivity index (χ3n) is 5.36. The largest absolute Gasteiger partial charge is 0.335 e. The van der Waals surface area contributed by atoms with Crippen LogP contribution in [0.15, 0.2) is 77.4 Å². The topological polar surface area (TPSA) is 85.8 Å². The lowest BCUT2D eigenvalue weighted by Gasteiger charge is -2.10. The molecule has 1 N–H and O–H groups in total. The summed E-state index contributed by atoms with van der Waals surface area (Å²) >= 11 is 0. The van der Waals surface area contributed by atoms with Gasteiger partial charge in [0, 0.05) is 24.0 Å². The summed E-state index contributed by atoms with van der Waals surface area (Å²) in [4.78, 5) is 18.1. The molecule has 5 aromatic rings. The number of para-hydroxylation sites is 1. The lowest BCUT2D eigenvalue weighted by atomic mass is 10.0. The van der Waals surface area contributed by atoms with Crippen molar-refractivity contribution in [2.24, 2.45) is 0 Å². The maximum atomic E-state index is 13.5. The van der Waals surface area contributed by atoms with Crippen molar-refractivity contribution in [2.75, 3.05) is 5.32 Å². The van der Waals surface area contributed by atoms with Crippen molar-refractivity contribution in [1.82, 2.24) is 19.9 Å². The van der Waals surface area contributed by atoms with Crippen molar-refractivity contribution in [1.29, 1.82) is 0 Å². The predicted octanol–water partition coefficient (Wildman–Crippen LogP) is 5.33. The van der Waals surface area contributed by atoms with Crippen molar-refractivity contribution in [3.8, 4) is 22.6 Å². The van der Waals surface area contributed by atoms with Crippen molar-refractivity contribution < 1.29 is 9.32 Å². The summed E-state index contributed by atoms with van der Waals surface area (Å²) in [5.74, 6) is -0.261. The van der Waals surface area contributed by atoms with E-state index in [4.69, 9.17) is 4.52 Å². The number of carbonyl (C=O) groups excluding carboxylic acids is 1. The van der Waals surface area contributed by atoms with E-state index in [1.54, 1.807) is 6.07 Å². The van der Waals surface area contributed by atoms with Crippen LogP contribution in [0.2, 0.25) is 0 Å². The molecular formula is C25H21N5O2. The third-order valence-corrected chi connectivity index (χ3v) is 5.36. The van der Waals surface area contributed by atoms with Gasteiger partial charge in [-0.3, -0.25) is 9.48 Å². The Morgan fingerprint density at radius 1 is 1.03 bits per heavy atom. The highest BCUT2D eigenvalue weighted by Crippen LogP contribution is 2.33. The summed E-state index contributed by atoms with van der Waals surface area (Å²) in [5.41, 5.74) is 5.09. The summed E-state index contributed by atoms with van der Waals surface area (Å²) in [6.07, 6.45) is 1.88. The fourth-order valence-corrected chi connectivity index (χ4v) is 3.63. The summed E-state index contributed by atoms with van der Waals surface area (Å²) < 4.78 is 7.40. The van der Waals surface area contributed by atoms with E-state index in [1.807, 2.05) is 85.4 Å². The molecule has 3 heterocycles. The molecule has 0 aliphatic rings. The van der Waals surface area contributed by atoms with Crippen molar-refractivity contribution in [2.45, 2.75) is 20.4 Å². The molecule has 0 fully saturated rings. The first-order valence-corrected chi connectivity index (χ1v) is 10.4. The first kappa shape index (κ1) is 19.7. The molecule has 0 saturated carbocycles. The summed E-state index contributed by atoms with van der Waals surface area (Å²) in [6, 6.07) is 20.9. The van der Waals surface area contributed by atoms with Crippen LogP contribution in [0.1, 0.15) is 22.8 Å². The Morgan fingerprint density at radius 3 is 2.56 bits per heavy atom. The SMILES string of the molecule is CCn1ccc(-c2cc(C(=O)Nc3ccccc3C)c3c(-c4ccccc4)noc3n2)n1. The van der Waals surface area contributed by atoms with Crippen LogP contribution in [0.4, 0.5) is 5.69 Å². The normalized spacial score (nSPS) is 11.1. The number of rotatable bonds is 5. The maximum absolute atomic E-state index is 13.5. The van der Waals surface area contributed by atoms with Gasteiger partial charge in [0.2, 0.25) is 0 Å². The van der Waals surface area contributed by atoms with Crippen LogP contribution in [0, 0.1) is 6.92 Å². The monoisotopic (exact) mass is 423 g/mol. The number of aromatic nitrogens is 4. The van der Waals surface area contributed by atoms with Crippen molar-refractivity contribution in [3.05, 3.63) is 84.1 Å². The van der Waals surface area contributed by atoms with Gasteiger partial charge in [-0.15, -0.1) is 0 Å². The van der Waals surface area contributed by atoms with Gasteiger partial charge in [-0.25, -0.2) is 4.98 Å². The third kappa shape index (κ3) is 3.54. The quantitative estimate of drug-likeness (QED) is 0.413. The van der Waals surface area contributed by atoms with E-state index in [0.29, 0.717) is 33.7 Å². The number of aryl methyl sites for hydroxylation is 2. The molecule has 0 atom stereocenters. The second-order valence-corrected chi connectivity index (χ2v) is 7.46. The Balaban J connectivity index is 1.68. The Hall–Kier alpha value is -4.26. The Bertz CT molecular complexity index is 1420. The zero-order valence-electron chi connectivity index (χ0n) is 17.7. The van der Waals surface area contributed by atoms with Crippen LogP contribution in [0.3, 0.4) is 0 Å². The number of amides is 1. The van der Waals surface area contributed by atoms with Crippen molar-refractivity contribution >= 4 is 22.7 Å². The number of carbonyl (C=O) groups is 1. The molecule has 0 aliphatic heterocycles. The molecule has 7 nitrogen and oxygen atoms in total. The number of hydrogen-bond acceptors (Lipinski definition) is 5. The molecule has 1 amide bonds. The highest BCUT2D eigenvalue weighted by atomic mass is 16.5. The van der Waals surface area contributed by atoms with Crippen LogP contribution in [0.5, 0.6) is 0 Å². The second-order valence-electron chi connectivity index (χ2n) is 7.46. The number of nitrogens with zero attached hydrogens (tertiary/aromatic N) is 4. The van der Waals surface area contributed by atoms with E-state index in [2.05, 4.69) is 20.6 Å². The van der Waals surface area contributed by atoms with Crippen LogP contribution in [0.25, 0.3) is 33.7 Å². The molecule has 7 heteroatoms. The standard InChI is InChI=1S/C25H21N5O2/c1-3-30-14-13-20(28-30)21-15-18(24(31)26-19-12-8-7-9-16(19)2)22-23(29-32-25(22)27-21)17-10-5-4-6-11-17/h4-15H,3H2,1-2H3,(H,26,31). The summed E-state index contributed by atoms with van der Waals surface area (Å²) in [7, 11) is 0. The maximum Gasteiger partial charge on any atom is 0.259 e. The molecule has 0 unspecified atom stereocenters. The fourth-order valence-electron chi connectivity index (χ4n) is 3.63. The molecule has 3 aromatic heterocycles. The number of nitrogens with one attached hydrogen (secondary N) is 1. The molecule has 0 saturated heterocycles. The smallest absolute Gasteiger partial charge is 0.259 e. The van der Waals surface area contributed by atoms with Gasteiger partial charge in [0.15, 0.2) is 0 Å². The van der Waals surface area contributed by atoms with Crippen LogP contribution in [-0.4, -0.2) is 25.8 Å².